The lowest BCUT2D eigenvalue weighted by molar-refractivity contribution is -0.143. The van der Waals surface area contributed by atoms with Gasteiger partial charge in [0.05, 0.1) is 18.9 Å². The lowest BCUT2D eigenvalue weighted by Gasteiger charge is -2.25. The molecule has 0 saturated carbocycles. The molecule has 15 heteroatoms. The second kappa shape index (κ2) is 14.4. The van der Waals surface area contributed by atoms with Crippen molar-refractivity contribution in [2.45, 2.75) is 70.1 Å². The number of carbonyl (C=O) groups excluding carboxylic acids is 6. The standard InChI is InChI=1S/C19H33N7O8/c1-8(2)5-11(18(32)26-12(19(33)34)7-15(23)29)25-17(31)10(3-4-13(21)27)24-16(30)9(20)6-14(22)28/h8-12H,3-7,20H2,1-2H3,(H2,21,27)(H2,22,28)(H2,23,29)(H,24,30)(H,25,31)(H,26,32)(H,33,34). The van der Waals surface area contributed by atoms with E-state index >= 15 is 0 Å². The molecule has 0 fully saturated rings. The van der Waals surface area contributed by atoms with Crippen LogP contribution in [0.4, 0.5) is 0 Å². The molecule has 4 atom stereocenters. The van der Waals surface area contributed by atoms with Gasteiger partial charge in [-0.15, -0.1) is 0 Å². The van der Waals surface area contributed by atoms with Gasteiger partial charge in [-0.05, 0) is 18.8 Å². The summed E-state index contributed by atoms with van der Waals surface area (Å²) in [6, 6.07) is -5.59. The molecule has 4 unspecified atom stereocenters. The Morgan fingerprint density at radius 2 is 1.18 bits per heavy atom. The highest BCUT2D eigenvalue weighted by Gasteiger charge is 2.31. The van der Waals surface area contributed by atoms with E-state index in [9.17, 15) is 38.7 Å². The van der Waals surface area contributed by atoms with Gasteiger partial charge in [0.25, 0.3) is 0 Å². The van der Waals surface area contributed by atoms with E-state index in [0.717, 1.165) is 0 Å². The zero-order chi connectivity index (χ0) is 26.6. The molecule has 0 aliphatic heterocycles. The fraction of sp³-hybridized carbons (Fsp3) is 0.632. The molecule has 192 valence electrons. The first-order valence-electron chi connectivity index (χ1n) is 10.4. The summed E-state index contributed by atoms with van der Waals surface area (Å²) in [5.41, 5.74) is 20.7. The smallest absolute Gasteiger partial charge is 0.326 e. The average molecular weight is 488 g/mol. The van der Waals surface area contributed by atoms with Crippen LogP contribution in [0, 0.1) is 5.92 Å². The summed E-state index contributed by atoms with van der Waals surface area (Å²) in [4.78, 5) is 82.3. The summed E-state index contributed by atoms with van der Waals surface area (Å²) in [6.45, 7) is 3.47. The van der Waals surface area contributed by atoms with Crippen molar-refractivity contribution in [1.82, 2.24) is 16.0 Å². The van der Waals surface area contributed by atoms with Crippen LogP contribution >= 0.6 is 0 Å². The fourth-order valence-corrected chi connectivity index (χ4v) is 2.79. The van der Waals surface area contributed by atoms with E-state index < -0.39 is 78.4 Å². The zero-order valence-corrected chi connectivity index (χ0v) is 19.0. The maximum absolute atomic E-state index is 12.8. The molecule has 0 saturated heterocycles. The van der Waals surface area contributed by atoms with Crippen LogP contribution in [-0.4, -0.2) is 70.7 Å². The van der Waals surface area contributed by atoms with E-state index in [1.54, 1.807) is 13.8 Å². The van der Waals surface area contributed by atoms with Gasteiger partial charge in [-0.25, -0.2) is 4.79 Å². The number of carboxylic acid groups (broad SMARTS) is 1. The number of rotatable bonds is 16. The number of nitrogens with two attached hydrogens (primary N) is 4. The van der Waals surface area contributed by atoms with E-state index in [1.165, 1.54) is 0 Å². The van der Waals surface area contributed by atoms with Crippen molar-refractivity contribution in [1.29, 1.82) is 0 Å². The molecule has 0 spiro atoms. The van der Waals surface area contributed by atoms with E-state index in [1.807, 2.05) is 0 Å². The second-order valence-corrected chi connectivity index (χ2v) is 8.10. The molecule has 0 aromatic carbocycles. The summed E-state index contributed by atoms with van der Waals surface area (Å²) in [5.74, 6) is -6.90. The lowest BCUT2D eigenvalue weighted by Crippen LogP contribution is -2.57. The Morgan fingerprint density at radius 3 is 1.62 bits per heavy atom. The quantitative estimate of drug-likeness (QED) is 0.105. The minimum atomic E-state index is -1.62. The molecule has 0 aliphatic rings. The van der Waals surface area contributed by atoms with Crippen LogP contribution in [0.1, 0.15) is 46.0 Å². The first kappa shape index (κ1) is 30.2. The Bertz CT molecular complexity index is 802. The number of amides is 6. The summed E-state index contributed by atoms with van der Waals surface area (Å²) in [6.07, 6.45) is -1.64. The fourth-order valence-electron chi connectivity index (χ4n) is 2.79. The third-order valence-corrected chi connectivity index (χ3v) is 4.43. The van der Waals surface area contributed by atoms with Crippen molar-refractivity contribution in [3.63, 3.8) is 0 Å². The first-order chi connectivity index (χ1) is 15.6. The molecule has 0 aliphatic carbocycles. The van der Waals surface area contributed by atoms with Crippen LogP contribution in [0.25, 0.3) is 0 Å². The molecule has 0 heterocycles. The maximum atomic E-state index is 12.8. The molecular formula is C19H33N7O8. The van der Waals surface area contributed by atoms with Crippen LogP contribution < -0.4 is 38.9 Å². The van der Waals surface area contributed by atoms with Crippen LogP contribution in [0.5, 0.6) is 0 Å². The van der Waals surface area contributed by atoms with Crippen molar-refractivity contribution < 1.29 is 38.7 Å². The number of hydrogen-bond donors (Lipinski definition) is 8. The average Bonchev–Trinajstić information content (AvgIpc) is 2.68. The van der Waals surface area contributed by atoms with E-state index in [-0.39, 0.29) is 25.2 Å². The molecule has 0 bridgehead atoms. The summed E-state index contributed by atoms with van der Waals surface area (Å²) < 4.78 is 0. The Labute approximate surface area is 195 Å². The number of carbonyl (C=O) groups is 7. The third kappa shape index (κ3) is 12.3. The van der Waals surface area contributed by atoms with Crippen molar-refractivity contribution in [2.24, 2.45) is 28.9 Å². The first-order valence-corrected chi connectivity index (χ1v) is 10.4. The monoisotopic (exact) mass is 487 g/mol. The Morgan fingerprint density at radius 1 is 0.706 bits per heavy atom. The van der Waals surface area contributed by atoms with Crippen LogP contribution in [0.2, 0.25) is 0 Å². The number of hydrogen-bond acceptors (Lipinski definition) is 8. The molecular weight excluding hydrogens is 454 g/mol. The Kier molecular flexibility index (Phi) is 12.8. The maximum Gasteiger partial charge on any atom is 0.326 e. The van der Waals surface area contributed by atoms with Crippen LogP contribution in [0.15, 0.2) is 0 Å². The van der Waals surface area contributed by atoms with Gasteiger partial charge in [0.15, 0.2) is 0 Å². The predicted molar refractivity (Wildman–Crippen MR) is 117 cm³/mol. The molecule has 12 N–H and O–H groups in total. The highest BCUT2D eigenvalue weighted by atomic mass is 16.4. The van der Waals surface area contributed by atoms with Crippen molar-refractivity contribution in [3.05, 3.63) is 0 Å². The van der Waals surface area contributed by atoms with Crippen molar-refractivity contribution in [3.8, 4) is 0 Å². The van der Waals surface area contributed by atoms with Gasteiger partial charge in [0, 0.05) is 6.42 Å². The summed E-state index contributed by atoms with van der Waals surface area (Å²) in [5, 5.41) is 16.0. The van der Waals surface area contributed by atoms with E-state index in [2.05, 4.69) is 16.0 Å². The third-order valence-electron chi connectivity index (χ3n) is 4.43. The van der Waals surface area contributed by atoms with Gasteiger partial charge >= 0.3 is 5.97 Å². The normalized spacial score (nSPS) is 14.2. The highest BCUT2D eigenvalue weighted by Crippen LogP contribution is 2.08. The molecule has 0 rings (SSSR count). The van der Waals surface area contributed by atoms with Crippen molar-refractivity contribution in [2.75, 3.05) is 0 Å². The number of nitrogens with one attached hydrogen (secondary N) is 3. The topological polar surface area (TPSA) is 280 Å². The largest absolute Gasteiger partial charge is 0.480 e. The van der Waals surface area contributed by atoms with Gasteiger partial charge in [0.2, 0.25) is 35.4 Å². The second-order valence-electron chi connectivity index (χ2n) is 8.10. The van der Waals surface area contributed by atoms with Gasteiger partial charge in [-0.1, -0.05) is 13.8 Å². The SMILES string of the molecule is CC(C)CC(NC(=O)C(CCC(N)=O)NC(=O)C(N)CC(N)=O)C(=O)NC(CC(N)=O)C(=O)O. The highest BCUT2D eigenvalue weighted by molar-refractivity contribution is 5.95. The zero-order valence-electron chi connectivity index (χ0n) is 19.0. The Balaban J connectivity index is 5.60. The number of aliphatic carboxylic acids is 1. The molecule has 6 amide bonds. The van der Waals surface area contributed by atoms with Crippen LogP contribution in [-0.2, 0) is 33.6 Å². The molecule has 15 nitrogen and oxygen atoms in total. The van der Waals surface area contributed by atoms with E-state index in [0.29, 0.717) is 0 Å². The summed E-state index contributed by atoms with van der Waals surface area (Å²) >= 11 is 0. The predicted octanol–water partition coefficient (Wildman–Crippen LogP) is -4.08. The molecule has 0 aromatic heterocycles. The minimum Gasteiger partial charge on any atom is -0.480 e. The lowest BCUT2D eigenvalue weighted by atomic mass is 10.0. The molecule has 34 heavy (non-hydrogen) atoms. The molecule has 0 radical (unpaired) electrons. The number of primary amides is 3. The van der Waals surface area contributed by atoms with Gasteiger partial charge < -0.3 is 44.0 Å². The van der Waals surface area contributed by atoms with Gasteiger partial charge in [-0.3, -0.25) is 28.8 Å². The molecule has 0 aromatic rings. The minimum absolute atomic E-state index is 0.0676. The Hall–Kier alpha value is -3.75. The van der Waals surface area contributed by atoms with Gasteiger partial charge in [0.1, 0.15) is 18.1 Å². The van der Waals surface area contributed by atoms with Crippen molar-refractivity contribution >= 4 is 41.4 Å². The number of carboxylic acids is 1. The van der Waals surface area contributed by atoms with E-state index in [4.69, 9.17) is 22.9 Å². The summed E-state index contributed by atoms with van der Waals surface area (Å²) in [7, 11) is 0. The van der Waals surface area contributed by atoms with Gasteiger partial charge in [-0.2, -0.15) is 0 Å². The van der Waals surface area contributed by atoms with Crippen LogP contribution in [0.3, 0.4) is 0 Å².